The van der Waals surface area contributed by atoms with E-state index in [4.69, 9.17) is 17.3 Å². The smallest absolute Gasteiger partial charge is 0.259 e. The van der Waals surface area contributed by atoms with Gasteiger partial charge in [0.25, 0.3) is 5.91 Å². The highest BCUT2D eigenvalue weighted by molar-refractivity contribution is 6.31. The van der Waals surface area contributed by atoms with Crippen LogP contribution >= 0.6 is 11.6 Å². The van der Waals surface area contributed by atoms with E-state index in [0.29, 0.717) is 16.4 Å². The van der Waals surface area contributed by atoms with Gasteiger partial charge in [0.15, 0.2) is 0 Å². The number of rotatable bonds is 2. The Bertz CT molecular complexity index is 644. The SMILES string of the molecule is Nc1cc(Cl)ccc1NC(=O)c1cc(O)ccc1O. The molecule has 2 aromatic rings. The number of nitrogens with one attached hydrogen (secondary N) is 1. The molecule has 2 rings (SSSR count). The lowest BCUT2D eigenvalue weighted by atomic mass is 10.1. The Morgan fingerprint density at radius 2 is 1.89 bits per heavy atom. The molecule has 2 aromatic carbocycles. The Kier molecular flexibility index (Phi) is 3.48. The van der Waals surface area contributed by atoms with Crippen LogP contribution in [0.4, 0.5) is 11.4 Å². The van der Waals surface area contributed by atoms with Crippen molar-refractivity contribution in [3.8, 4) is 11.5 Å². The predicted molar refractivity (Wildman–Crippen MR) is 73.6 cm³/mol. The zero-order valence-electron chi connectivity index (χ0n) is 9.72. The summed E-state index contributed by atoms with van der Waals surface area (Å²) in [5, 5.41) is 21.9. The number of carbonyl (C=O) groups is 1. The van der Waals surface area contributed by atoms with E-state index in [1.165, 1.54) is 18.2 Å². The zero-order chi connectivity index (χ0) is 14.0. The second-order valence-electron chi connectivity index (χ2n) is 3.89. The van der Waals surface area contributed by atoms with E-state index in [0.717, 1.165) is 6.07 Å². The van der Waals surface area contributed by atoms with Gasteiger partial charge in [-0.15, -0.1) is 0 Å². The molecule has 6 heteroatoms. The van der Waals surface area contributed by atoms with Gasteiger partial charge in [-0.25, -0.2) is 0 Å². The third-order valence-corrected chi connectivity index (χ3v) is 2.72. The Hall–Kier alpha value is -2.40. The van der Waals surface area contributed by atoms with E-state index in [-0.39, 0.29) is 17.1 Å². The summed E-state index contributed by atoms with van der Waals surface area (Å²) in [6.45, 7) is 0. The van der Waals surface area contributed by atoms with Crippen LogP contribution in [0.3, 0.4) is 0 Å². The minimum atomic E-state index is -0.581. The minimum Gasteiger partial charge on any atom is -0.508 e. The molecular formula is C13H11ClN2O3. The number of halogens is 1. The van der Waals surface area contributed by atoms with Crippen molar-refractivity contribution in [2.75, 3.05) is 11.1 Å². The first-order valence-electron chi connectivity index (χ1n) is 5.36. The van der Waals surface area contributed by atoms with Crippen LogP contribution in [0.2, 0.25) is 5.02 Å². The van der Waals surface area contributed by atoms with Crippen molar-refractivity contribution in [3.05, 3.63) is 47.0 Å². The molecule has 98 valence electrons. The van der Waals surface area contributed by atoms with Crippen molar-refractivity contribution in [1.82, 2.24) is 0 Å². The molecule has 1 amide bonds. The molecule has 0 unspecified atom stereocenters. The first-order valence-corrected chi connectivity index (χ1v) is 5.73. The molecule has 0 aliphatic carbocycles. The van der Waals surface area contributed by atoms with Gasteiger partial charge in [0.2, 0.25) is 0 Å². The molecule has 19 heavy (non-hydrogen) atoms. The summed E-state index contributed by atoms with van der Waals surface area (Å²) in [5.74, 6) is -0.933. The fourth-order valence-electron chi connectivity index (χ4n) is 1.54. The largest absolute Gasteiger partial charge is 0.508 e. The molecule has 0 heterocycles. The summed E-state index contributed by atoms with van der Waals surface area (Å²) in [7, 11) is 0. The van der Waals surface area contributed by atoms with Gasteiger partial charge in [0.05, 0.1) is 16.9 Å². The number of carbonyl (C=O) groups excluding carboxylic acids is 1. The van der Waals surface area contributed by atoms with Crippen molar-refractivity contribution >= 4 is 28.9 Å². The van der Waals surface area contributed by atoms with E-state index >= 15 is 0 Å². The Morgan fingerprint density at radius 3 is 2.58 bits per heavy atom. The average molecular weight is 279 g/mol. The van der Waals surface area contributed by atoms with Crippen LogP contribution in [0.1, 0.15) is 10.4 Å². The van der Waals surface area contributed by atoms with Gasteiger partial charge >= 0.3 is 0 Å². The molecule has 0 aliphatic heterocycles. The van der Waals surface area contributed by atoms with Crippen molar-refractivity contribution in [3.63, 3.8) is 0 Å². The number of aromatic hydroxyl groups is 2. The second-order valence-corrected chi connectivity index (χ2v) is 4.32. The van der Waals surface area contributed by atoms with E-state index in [1.807, 2.05) is 0 Å². The number of hydrogen-bond acceptors (Lipinski definition) is 4. The maximum Gasteiger partial charge on any atom is 0.259 e. The lowest BCUT2D eigenvalue weighted by Crippen LogP contribution is -2.13. The van der Waals surface area contributed by atoms with Crippen molar-refractivity contribution < 1.29 is 15.0 Å². The summed E-state index contributed by atoms with van der Waals surface area (Å²) >= 11 is 5.75. The number of hydrogen-bond donors (Lipinski definition) is 4. The maximum absolute atomic E-state index is 12.0. The molecule has 0 bridgehead atoms. The average Bonchev–Trinajstić information content (AvgIpc) is 2.35. The van der Waals surface area contributed by atoms with Crippen molar-refractivity contribution in [1.29, 1.82) is 0 Å². The van der Waals surface area contributed by atoms with Crippen LogP contribution in [0, 0.1) is 0 Å². The number of benzene rings is 2. The monoisotopic (exact) mass is 278 g/mol. The van der Waals surface area contributed by atoms with Crippen LogP contribution in [0.15, 0.2) is 36.4 Å². The normalized spacial score (nSPS) is 10.2. The molecule has 0 atom stereocenters. The topological polar surface area (TPSA) is 95.6 Å². The molecule has 5 nitrogen and oxygen atoms in total. The van der Waals surface area contributed by atoms with Gasteiger partial charge in [0, 0.05) is 5.02 Å². The zero-order valence-corrected chi connectivity index (χ0v) is 10.5. The highest BCUT2D eigenvalue weighted by Crippen LogP contribution is 2.26. The molecule has 0 aromatic heterocycles. The highest BCUT2D eigenvalue weighted by atomic mass is 35.5. The predicted octanol–water partition coefficient (Wildman–Crippen LogP) is 2.59. The van der Waals surface area contributed by atoms with Gasteiger partial charge in [-0.2, -0.15) is 0 Å². The van der Waals surface area contributed by atoms with Crippen LogP contribution in [-0.4, -0.2) is 16.1 Å². The minimum absolute atomic E-state index is 0.0469. The van der Waals surface area contributed by atoms with Crippen LogP contribution < -0.4 is 11.1 Å². The van der Waals surface area contributed by atoms with Crippen molar-refractivity contribution in [2.24, 2.45) is 0 Å². The Balaban J connectivity index is 2.28. The molecule has 0 radical (unpaired) electrons. The Morgan fingerprint density at radius 1 is 1.16 bits per heavy atom. The fourth-order valence-corrected chi connectivity index (χ4v) is 1.72. The van der Waals surface area contributed by atoms with Gasteiger partial charge in [-0.05, 0) is 36.4 Å². The van der Waals surface area contributed by atoms with E-state index in [2.05, 4.69) is 5.32 Å². The maximum atomic E-state index is 12.0. The summed E-state index contributed by atoms with van der Waals surface area (Å²) < 4.78 is 0. The molecule has 0 aliphatic rings. The van der Waals surface area contributed by atoms with Crippen molar-refractivity contribution in [2.45, 2.75) is 0 Å². The number of nitrogens with two attached hydrogens (primary N) is 1. The molecule has 0 spiro atoms. The molecular weight excluding hydrogens is 268 g/mol. The second kappa shape index (κ2) is 5.07. The molecule has 5 N–H and O–H groups in total. The Labute approximate surface area is 114 Å². The van der Waals surface area contributed by atoms with Crippen LogP contribution in [0.25, 0.3) is 0 Å². The standard InChI is InChI=1S/C13H11ClN2O3/c14-7-1-3-11(10(15)5-7)16-13(19)9-6-8(17)2-4-12(9)18/h1-6,17-18H,15H2,(H,16,19). The first-order chi connectivity index (χ1) is 8.97. The third kappa shape index (κ3) is 2.89. The van der Waals surface area contributed by atoms with E-state index in [9.17, 15) is 15.0 Å². The summed E-state index contributed by atoms with van der Waals surface area (Å²) in [5.41, 5.74) is 6.34. The lowest BCUT2D eigenvalue weighted by molar-refractivity contribution is 0.102. The van der Waals surface area contributed by atoms with Gasteiger partial charge < -0.3 is 21.3 Å². The number of nitrogen functional groups attached to an aromatic ring is 1. The van der Waals surface area contributed by atoms with Gasteiger partial charge in [-0.1, -0.05) is 11.6 Å². The number of phenols is 2. The number of phenolic OH excluding ortho intramolecular Hbond substituents is 2. The summed E-state index contributed by atoms with van der Waals surface area (Å²) in [4.78, 5) is 12.0. The van der Waals surface area contributed by atoms with Gasteiger partial charge in [-0.3, -0.25) is 4.79 Å². The molecule has 0 saturated carbocycles. The first kappa shape index (κ1) is 13.0. The van der Waals surface area contributed by atoms with Gasteiger partial charge in [0.1, 0.15) is 11.5 Å². The van der Waals surface area contributed by atoms with Crippen LogP contribution in [0.5, 0.6) is 11.5 Å². The fraction of sp³-hybridized carbons (Fsp3) is 0. The molecule has 0 saturated heterocycles. The quantitative estimate of drug-likeness (QED) is 0.501. The molecule has 0 fully saturated rings. The van der Waals surface area contributed by atoms with E-state index in [1.54, 1.807) is 12.1 Å². The number of anilines is 2. The number of amides is 1. The summed E-state index contributed by atoms with van der Waals surface area (Å²) in [6.07, 6.45) is 0. The summed E-state index contributed by atoms with van der Waals surface area (Å²) in [6, 6.07) is 8.31. The third-order valence-electron chi connectivity index (χ3n) is 2.49. The highest BCUT2D eigenvalue weighted by Gasteiger charge is 2.13. The lowest BCUT2D eigenvalue weighted by Gasteiger charge is -2.09. The van der Waals surface area contributed by atoms with Crippen LogP contribution in [-0.2, 0) is 0 Å². The van der Waals surface area contributed by atoms with E-state index < -0.39 is 5.91 Å².